The van der Waals surface area contributed by atoms with E-state index < -0.39 is 0 Å². The van der Waals surface area contributed by atoms with E-state index in [-0.39, 0.29) is 6.04 Å². The van der Waals surface area contributed by atoms with Crippen LogP contribution in [0.5, 0.6) is 0 Å². The molecule has 1 aromatic carbocycles. The normalized spacial score (nSPS) is 17.1. The van der Waals surface area contributed by atoms with Gasteiger partial charge in [0.1, 0.15) is 11.6 Å². The summed E-state index contributed by atoms with van der Waals surface area (Å²) in [6.45, 7) is 8.23. The third kappa shape index (κ3) is 6.30. The van der Waals surface area contributed by atoms with E-state index in [1.165, 1.54) is 5.56 Å². The predicted molar refractivity (Wildman–Crippen MR) is 99.6 cm³/mol. The highest BCUT2D eigenvalue weighted by atomic mass is 16.5. The second kappa shape index (κ2) is 9.57. The lowest BCUT2D eigenvalue weighted by atomic mass is 10.2. The Bertz CT molecular complexity index is 620. The Morgan fingerprint density at radius 1 is 1.42 bits per heavy atom. The lowest BCUT2D eigenvalue weighted by molar-refractivity contribution is 0.309. The topological polar surface area (TPSA) is 57.7 Å². The van der Waals surface area contributed by atoms with Gasteiger partial charge in [0.2, 0.25) is 0 Å². The number of aliphatic imine (C=N–C) groups is 1. The fourth-order valence-corrected chi connectivity index (χ4v) is 2.22. The summed E-state index contributed by atoms with van der Waals surface area (Å²) in [6, 6.07) is 10.6. The molecule has 1 atom stereocenters. The van der Waals surface area contributed by atoms with Gasteiger partial charge in [0, 0.05) is 19.3 Å². The zero-order valence-electron chi connectivity index (χ0n) is 14.4. The zero-order valence-corrected chi connectivity index (χ0v) is 14.4. The van der Waals surface area contributed by atoms with Gasteiger partial charge in [-0.05, 0) is 24.6 Å². The Labute approximate surface area is 144 Å². The van der Waals surface area contributed by atoms with Gasteiger partial charge in [0.25, 0.3) is 0 Å². The van der Waals surface area contributed by atoms with Crippen molar-refractivity contribution in [3.05, 3.63) is 72.3 Å². The Hall–Kier alpha value is -2.53. The first-order valence-electron chi connectivity index (χ1n) is 8.10. The highest BCUT2D eigenvalue weighted by molar-refractivity contribution is 5.86. The van der Waals surface area contributed by atoms with Gasteiger partial charge in [0.05, 0.1) is 25.4 Å². The molecule has 0 bridgehead atoms. The molecule has 1 heterocycles. The average Bonchev–Trinajstić information content (AvgIpc) is 2.61. The molecule has 0 radical (unpaired) electrons. The first-order chi connectivity index (χ1) is 11.7. The van der Waals surface area contributed by atoms with Crippen LogP contribution in [-0.4, -0.2) is 32.1 Å². The molecular formula is C19H26N4O. The second-order valence-corrected chi connectivity index (χ2v) is 5.64. The lowest BCUT2D eigenvalue weighted by Gasteiger charge is -2.18. The van der Waals surface area contributed by atoms with Crippen molar-refractivity contribution in [2.24, 2.45) is 4.99 Å². The average molecular weight is 326 g/mol. The summed E-state index contributed by atoms with van der Waals surface area (Å²) in [4.78, 5) is 4.68. The molecule has 1 aromatic rings. The largest absolute Gasteiger partial charge is 0.497 e. The summed E-state index contributed by atoms with van der Waals surface area (Å²) >= 11 is 0. The Kier molecular flexibility index (Phi) is 7.11. The van der Waals surface area contributed by atoms with Crippen LogP contribution in [0.2, 0.25) is 0 Å². The van der Waals surface area contributed by atoms with E-state index in [9.17, 15) is 0 Å². The van der Waals surface area contributed by atoms with E-state index >= 15 is 0 Å². The maximum atomic E-state index is 5.00. The van der Waals surface area contributed by atoms with E-state index in [0.29, 0.717) is 12.3 Å². The molecule has 2 rings (SSSR count). The van der Waals surface area contributed by atoms with Crippen molar-refractivity contribution in [2.45, 2.75) is 19.5 Å². The van der Waals surface area contributed by atoms with E-state index in [1.807, 2.05) is 24.4 Å². The van der Waals surface area contributed by atoms with Crippen molar-refractivity contribution in [3.63, 3.8) is 0 Å². The lowest BCUT2D eigenvalue weighted by Crippen LogP contribution is -2.38. The molecule has 0 saturated heterocycles. The summed E-state index contributed by atoms with van der Waals surface area (Å²) in [7, 11) is 1.60. The Balaban J connectivity index is 1.75. The van der Waals surface area contributed by atoms with Crippen molar-refractivity contribution >= 4 is 5.84 Å². The van der Waals surface area contributed by atoms with Crippen molar-refractivity contribution in [1.29, 1.82) is 0 Å². The summed E-state index contributed by atoms with van der Waals surface area (Å²) in [5.74, 6) is 1.56. The summed E-state index contributed by atoms with van der Waals surface area (Å²) in [5, 5.41) is 9.96. The van der Waals surface area contributed by atoms with Gasteiger partial charge in [-0.2, -0.15) is 0 Å². The molecule has 0 spiro atoms. The predicted octanol–water partition coefficient (Wildman–Crippen LogP) is 2.31. The third-order valence-electron chi connectivity index (χ3n) is 3.55. The second-order valence-electron chi connectivity index (χ2n) is 5.64. The number of nitrogens with zero attached hydrogens (tertiary/aromatic N) is 1. The molecule has 0 aromatic heterocycles. The molecule has 24 heavy (non-hydrogen) atoms. The van der Waals surface area contributed by atoms with Gasteiger partial charge in [-0.25, -0.2) is 0 Å². The van der Waals surface area contributed by atoms with Crippen LogP contribution < -0.4 is 16.0 Å². The molecule has 1 aliphatic rings. The highest BCUT2D eigenvalue weighted by Crippen LogP contribution is 2.01. The number of hydrogen-bond donors (Lipinski definition) is 3. The summed E-state index contributed by atoms with van der Waals surface area (Å²) < 4.78 is 5.00. The van der Waals surface area contributed by atoms with Crippen LogP contribution in [0.1, 0.15) is 12.5 Å². The van der Waals surface area contributed by atoms with E-state index in [4.69, 9.17) is 4.74 Å². The van der Waals surface area contributed by atoms with Gasteiger partial charge in [-0.1, -0.05) is 36.9 Å². The monoisotopic (exact) mass is 326 g/mol. The molecule has 0 saturated carbocycles. The SMILES string of the molecule is C=C(/C=C/C1=CNC(=NC(C)CNCc2ccccc2)CN1)OC. The van der Waals surface area contributed by atoms with E-state index in [2.05, 4.69) is 58.7 Å². The van der Waals surface area contributed by atoms with Crippen LogP contribution in [0.4, 0.5) is 0 Å². The number of methoxy groups -OCH3 is 1. The summed E-state index contributed by atoms with van der Waals surface area (Å²) in [5.41, 5.74) is 2.26. The molecule has 5 nitrogen and oxygen atoms in total. The zero-order chi connectivity index (χ0) is 17.2. The first-order valence-corrected chi connectivity index (χ1v) is 8.10. The van der Waals surface area contributed by atoms with Crippen LogP contribution in [0.15, 0.2) is 71.7 Å². The number of allylic oxidation sites excluding steroid dienone is 2. The highest BCUT2D eigenvalue weighted by Gasteiger charge is 2.07. The van der Waals surface area contributed by atoms with Gasteiger partial charge in [0.15, 0.2) is 0 Å². The maximum absolute atomic E-state index is 5.00. The molecule has 0 fully saturated rings. The van der Waals surface area contributed by atoms with Crippen molar-refractivity contribution < 1.29 is 4.74 Å². The minimum Gasteiger partial charge on any atom is -0.497 e. The standard InChI is InChI=1S/C19H26N4O/c1-15(11-20-12-17-7-5-4-6-8-17)23-19-14-21-18(13-22-19)10-9-16(2)24-3/h4-10,13,15,20-21H,2,11-12,14H2,1,3H3,(H,22,23)/b10-9+. The van der Waals surface area contributed by atoms with Crippen LogP contribution in [0.3, 0.4) is 0 Å². The minimum atomic E-state index is 0.205. The fraction of sp³-hybridized carbons (Fsp3) is 0.316. The van der Waals surface area contributed by atoms with Crippen LogP contribution in [0, 0.1) is 0 Å². The molecule has 128 valence electrons. The van der Waals surface area contributed by atoms with Gasteiger partial charge in [-0.3, -0.25) is 4.99 Å². The minimum absolute atomic E-state index is 0.205. The van der Waals surface area contributed by atoms with Gasteiger partial charge < -0.3 is 20.7 Å². The van der Waals surface area contributed by atoms with Crippen molar-refractivity contribution in [2.75, 3.05) is 20.2 Å². The molecule has 0 amide bonds. The van der Waals surface area contributed by atoms with Crippen LogP contribution >= 0.6 is 0 Å². The number of benzene rings is 1. The van der Waals surface area contributed by atoms with Crippen molar-refractivity contribution in [3.8, 4) is 0 Å². The number of rotatable bonds is 8. The molecule has 5 heteroatoms. The maximum Gasteiger partial charge on any atom is 0.120 e. The molecule has 0 aliphatic carbocycles. The molecule has 1 aliphatic heterocycles. The number of amidine groups is 1. The number of ether oxygens (including phenoxy) is 1. The third-order valence-corrected chi connectivity index (χ3v) is 3.55. The van der Waals surface area contributed by atoms with Gasteiger partial charge in [-0.15, -0.1) is 0 Å². The van der Waals surface area contributed by atoms with E-state index in [0.717, 1.165) is 24.6 Å². The number of hydrogen-bond acceptors (Lipinski definition) is 4. The molecular weight excluding hydrogens is 300 g/mol. The quantitative estimate of drug-likeness (QED) is 0.507. The van der Waals surface area contributed by atoms with Crippen LogP contribution in [0.25, 0.3) is 0 Å². The molecule has 1 unspecified atom stereocenters. The van der Waals surface area contributed by atoms with Crippen molar-refractivity contribution in [1.82, 2.24) is 16.0 Å². The number of nitrogens with one attached hydrogen (secondary N) is 3. The first kappa shape index (κ1) is 17.8. The van der Waals surface area contributed by atoms with Crippen LogP contribution in [-0.2, 0) is 11.3 Å². The van der Waals surface area contributed by atoms with E-state index in [1.54, 1.807) is 7.11 Å². The summed E-state index contributed by atoms with van der Waals surface area (Å²) in [6.07, 6.45) is 5.63. The molecule has 3 N–H and O–H groups in total. The van der Waals surface area contributed by atoms with Gasteiger partial charge >= 0.3 is 0 Å². The fourth-order valence-electron chi connectivity index (χ4n) is 2.22. The Morgan fingerprint density at radius 3 is 2.88 bits per heavy atom. The smallest absolute Gasteiger partial charge is 0.120 e. The Morgan fingerprint density at radius 2 is 2.21 bits per heavy atom.